The number of para-hydroxylation sites is 1. The summed E-state index contributed by atoms with van der Waals surface area (Å²) in [4.78, 5) is 24.2. The van der Waals surface area contributed by atoms with E-state index in [0.29, 0.717) is 22.0 Å². The van der Waals surface area contributed by atoms with Gasteiger partial charge in [0.05, 0.1) is 5.69 Å². The smallest absolute Gasteiger partial charge is 0.308 e. The molecule has 7 heteroatoms. The predicted octanol–water partition coefficient (Wildman–Crippen LogP) is 5.05. The lowest BCUT2D eigenvalue weighted by Gasteiger charge is -2.13. The van der Waals surface area contributed by atoms with E-state index in [4.69, 9.17) is 11.6 Å². The zero-order chi connectivity index (χ0) is 19.9. The van der Waals surface area contributed by atoms with Crippen molar-refractivity contribution in [2.75, 3.05) is 16.1 Å². The van der Waals surface area contributed by atoms with Gasteiger partial charge >= 0.3 is 6.03 Å². The summed E-state index contributed by atoms with van der Waals surface area (Å²) in [6.07, 6.45) is 0. The fraction of sp³-hybridized carbons (Fsp3) is 0.0476. The summed E-state index contributed by atoms with van der Waals surface area (Å²) in [6.45, 7) is 1.87. The summed E-state index contributed by atoms with van der Waals surface area (Å²) in [5.41, 5.74) is 8.94. The van der Waals surface area contributed by atoms with E-state index in [1.807, 2.05) is 25.1 Å². The number of halogens is 1. The molecule has 0 spiro atoms. The van der Waals surface area contributed by atoms with Crippen LogP contribution in [-0.2, 0) is 0 Å². The lowest BCUT2D eigenvalue weighted by Crippen LogP contribution is -2.29. The first kappa shape index (κ1) is 19.3. The van der Waals surface area contributed by atoms with Crippen LogP contribution in [-0.4, -0.2) is 11.9 Å². The van der Waals surface area contributed by atoms with Crippen molar-refractivity contribution in [1.29, 1.82) is 0 Å². The molecule has 0 saturated heterocycles. The van der Waals surface area contributed by atoms with E-state index in [1.165, 1.54) is 0 Å². The molecule has 0 atom stereocenters. The largest absolute Gasteiger partial charge is 0.323 e. The second-order valence-corrected chi connectivity index (χ2v) is 6.50. The number of rotatable bonds is 5. The van der Waals surface area contributed by atoms with E-state index in [2.05, 4.69) is 21.5 Å². The molecule has 0 aliphatic heterocycles. The van der Waals surface area contributed by atoms with Crippen LogP contribution in [0.25, 0.3) is 0 Å². The zero-order valence-corrected chi connectivity index (χ0v) is 15.9. The standard InChI is InChI=1S/C21H19ClN4O2/c1-14-13-18(24-21(28)23-17-5-3-2-4-6-17)11-12-19(14)25-26-20(27)15-7-9-16(22)10-8-15/h2-13,25H,1H3,(H,26,27)(H2,23,24,28). The molecule has 0 saturated carbocycles. The number of aryl methyl sites for hydroxylation is 1. The monoisotopic (exact) mass is 394 g/mol. The Labute approximate surface area is 167 Å². The molecule has 3 aromatic carbocycles. The highest BCUT2D eigenvalue weighted by atomic mass is 35.5. The molecule has 142 valence electrons. The third kappa shape index (κ3) is 5.25. The van der Waals surface area contributed by atoms with Crippen molar-refractivity contribution in [3.05, 3.63) is 88.9 Å². The number of anilines is 3. The molecule has 3 aromatic rings. The molecule has 6 nitrogen and oxygen atoms in total. The van der Waals surface area contributed by atoms with Crippen LogP contribution in [0.2, 0.25) is 5.02 Å². The lowest BCUT2D eigenvalue weighted by atomic mass is 10.2. The third-order valence-electron chi connectivity index (χ3n) is 3.93. The van der Waals surface area contributed by atoms with Gasteiger partial charge in [-0.25, -0.2) is 4.79 Å². The van der Waals surface area contributed by atoms with Crippen molar-refractivity contribution in [1.82, 2.24) is 5.43 Å². The first-order valence-corrected chi connectivity index (χ1v) is 8.95. The Morgan fingerprint density at radius 3 is 2.18 bits per heavy atom. The molecular formula is C21H19ClN4O2. The Bertz CT molecular complexity index is 975. The predicted molar refractivity (Wildman–Crippen MR) is 113 cm³/mol. The maximum Gasteiger partial charge on any atom is 0.323 e. The lowest BCUT2D eigenvalue weighted by molar-refractivity contribution is 0.0962. The Balaban J connectivity index is 1.57. The highest BCUT2D eigenvalue weighted by Crippen LogP contribution is 2.19. The summed E-state index contributed by atoms with van der Waals surface area (Å²) in [7, 11) is 0. The van der Waals surface area contributed by atoms with Crippen molar-refractivity contribution >= 4 is 40.6 Å². The van der Waals surface area contributed by atoms with E-state index in [1.54, 1.807) is 54.6 Å². The molecule has 3 amide bonds. The van der Waals surface area contributed by atoms with Gasteiger partial charge in [0.2, 0.25) is 0 Å². The molecular weight excluding hydrogens is 376 g/mol. The molecule has 0 unspecified atom stereocenters. The third-order valence-corrected chi connectivity index (χ3v) is 4.19. The highest BCUT2D eigenvalue weighted by Gasteiger charge is 2.07. The van der Waals surface area contributed by atoms with Gasteiger partial charge in [-0.3, -0.25) is 15.6 Å². The fourth-order valence-electron chi connectivity index (χ4n) is 2.49. The molecule has 0 aromatic heterocycles. The number of urea groups is 1. The molecule has 0 aliphatic carbocycles. The Morgan fingerprint density at radius 1 is 0.821 bits per heavy atom. The van der Waals surface area contributed by atoms with Crippen LogP contribution in [0, 0.1) is 6.92 Å². The van der Waals surface area contributed by atoms with Crippen molar-refractivity contribution in [3.8, 4) is 0 Å². The van der Waals surface area contributed by atoms with E-state index in [0.717, 1.165) is 11.3 Å². The molecule has 0 heterocycles. The van der Waals surface area contributed by atoms with Gasteiger partial charge in [0.15, 0.2) is 0 Å². The maximum absolute atomic E-state index is 12.1. The molecule has 0 radical (unpaired) electrons. The number of amides is 3. The molecule has 28 heavy (non-hydrogen) atoms. The van der Waals surface area contributed by atoms with Crippen LogP contribution in [0.5, 0.6) is 0 Å². The second-order valence-electron chi connectivity index (χ2n) is 6.06. The number of hydrogen-bond acceptors (Lipinski definition) is 3. The number of hydrazine groups is 1. The van der Waals surface area contributed by atoms with Gasteiger partial charge in [0.1, 0.15) is 0 Å². The number of nitrogens with one attached hydrogen (secondary N) is 4. The van der Waals surface area contributed by atoms with Gasteiger partial charge in [-0.15, -0.1) is 0 Å². The number of carbonyl (C=O) groups excluding carboxylic acids is 2. The number of hydrogen-bond donors (Lipinski definition) is 4. The summed E-state index contributed by atoms with van der Waals surface area (Å²) < 4.78 is 0. The van der Waals surface area contributed by atoms with Crippen LogP contribution in [0.3, 0.4) is 0 Å². The van der Waals surface area contributed by atoms with E-state index >= 15 is 0 Å². The average Bonchev–Trinajstić information content (AvgIpc) is 2.68. The molecule has 4 N–H and O–H groups in total. The minimum Gasteiger partial charge on any atom is -0.308 e. The quantitative estimate of drug-likeness (QED) is 0.457. The summed E-state index contributed by atoms with van der Waals surface area (Å²) in [5.74, 6) is -0.277. The summed E-state index contributed by atoms with van der Waals surface area (Å²) >= 11 is 5.82. The van der Waals surface area contributed by atoms with Crippen LogP contribution >= 0.6 is 11.6 Å². The SMILES string of the molecule is Cc1cc(NC(=O)Nc2ccccc2)ccc1NNC(=O)c1ccc(Cl)cc1. The highest BCUT2D eigenvalue weighted by molar-refractivity contribution is 6.30. The Hall–Kier alpha value is -3.51. The zero-order valence-electron chi connectivity index (χ0n) is 15.1. The van der Waals surface area contributed by atoms with Gasteiger partial charge in [-0.2, -0.15) is 0 Å². The number of benzene rings is 3. The van der Waals surface area contributed by atoms with Crippen molar-refractivity contribution in [3.63, 3.8) is 0 Å². The van der Waals surface area contributed by atoms with Crippen molar-refractivity contribution in [2.45, 2.75) is 6.92 Å². The fourth-order valence-corrected chi connectivity index (χ4v) is 2.62. The minimum atomic E-state index is -0.331. The molecule has 3 rings (SSSR count). The van der Waals surface area contributed by atoms with Gasteiger partial charge < -0.3 is 10.6 Å². The second kappa shape index (κ2) is 8.92. The van der Waals surface area contributed by atoms with Gasteiger partial charge in [0.25, 0.3) is 5.91 Å². The van der Waals surface area contributed by atoms with E-state index in [9.17, 15) is 9.59 Å². The van der Waals surface area contributed by atoms with E-state index < -0.39 is 0 Å². The minimum absolute atomic E-state index is 0.277. The van der Waals surface area contributed by atoms with Crippen molar-refractivity contribution in [2.24, 2.45) is 0 Å². The average molecular weight is 395 g/mol. The van der Waals surface area contributed by atoms with E-state index in [-0.39, 0.29) is 11.9 Å². The number of carbonyl (C=O) groups is 2. The molecule has 0 bridgehead atoms. The Kier molecular flexibility index (Phi) is 6.14. The Morgan fingerprint density at radius 2 is 1.50 bits per heavy atom. The van der Waals surface area contributed by atoms with Gasteiger partial charge in [0, 0.05) is 22.0 Å². The van der Waals surface area contributed by atoms with Crippen LogP contribution in [0.15, 0.2) is 72.8 Å². The van der Waals surface area contributed by atoms with Crippen LogP contribution in [0.1, 0.15) is 15.9 Å². The molecule has 0 aliphatic rings. The topological polar surface area (TPSA) is 82.3 Å². The summed E-state index contributed by atoms with van der Waals surface area (Å²) in [5, 5.41) is 6.10. The molecule has 0 fully saturated rings. The van der Waals surface area contributed by atoms with Crippen LogP contribution in [0.4, 0.5) is 21.9 Å². The maximum atomic E-state index is 12.1. The van der Waals surface area contributed by atoms with Gasteiger partial charge in [-0.1, -0.05) is 29.8 Å². The summed E-state index contributed by atoms with van der Waals surface area (Å²) in [6, 6.07) is 20.8. The van der Waals surface area contributed by atoms with Gasteiger partial charge in [-0.05, 0) is 67.1 Å². The van der Waals surface area contributed by atoms with Crippen molar-refractivity contribution < 1.29 is 9.59 Å². The normalized spacial score (nSPS) is 10.1. The first-order valence-electron chi connectivity index (χ1n) is 8.57. The first-order chi connectivity index (χ1) is 13.5. The van der Waals surface area contributed by atoms with Crippen LogP contribution < -0.4 is 21.5 Å².